The Labute approximate surface area is 149 Å². The van der Waals surface area contributed by atoms with Gasteiger partial charge in [0.1, 0.15) is 0 Å². The van der Waals surface area contributed by atoms with Gasteiger partial charge in [-0.05, 0) is 30.5 Å². The van der Waals surface area contributed by atoms with Gasteiger partial charge in [-0.2, -0.15) is 0 Å². The van der Waals surface area contributed by atoms with Gasteiger partial charge in [0.15, 0.2) is 0 Å². The molecule has 1 amide bonds. The fraction of sp³-hybridized carbons (Fsp3) is 0.632. The van der Waals surface area contributed by atoms with Crippen LogP contribution in [0.5, 0.6) is 0 Å². The number of amides is 1. The summed E-state index contributed by atoms with van der Waals surface area (Å²) in [5.41, 5.74) is 6.86. The summed E-state index contributed by atoms with van der Waals surface area (Å²) >= 11 is 0. The highest BCUT2D eigenvalue weighted by Crippen LogP contribution is 2.25. The molecular formula is C19H29N3O3. The van der Waals surface area contributed by atoms with Crippen LogP contribution in [0.1, 0.15) is 30.4 Å². The van der Waals surface area contributed by atoms with Gasteiger partial charge < -0.3 is 15.6 Å². The Morgan fingerprint density at radius 1 is 1.16 bits per heavy atom. The van der Waals surface area contributed by atoms with E-state index >= 15 is 0 Å². The molecule has 2 aliphatic heterocycles. The second kappa shape index (κ2) is 8.27. The number of benzene rings is 1. The van der Waals surface area contributed by atoms with Crippen molar-refractivity contribution in [3.05, 3.63) is 35.4 Å². The molecule has 0 aliphatic carbocycles. The van der Waals surface area contributed by atoms with Crippen molar-refractivity contribution in [3.63, 3.8) is 0 Å². The number of carbonyl (C=O) groups excluding carboxylic acids is 1. The van der Waals surface area contributed by atoms with Crippen molar-refractivity contribution in [1.29, 1.82) is 0 Å². The molecule has 1 atom stereocenters. The summed E-state index contributed by atoms with van der Waals surface area (Å²) < 4.78 is 5.40. The summed E-state index contributed by atoms with van der Waals surface area (Å²) in [6.07, 6.45) is 1.57. The lowest BCUT2D eigenvalue weighted by molar-refractivity contribution is -0.125. The average molecular weight is 347 g/mol. The van der Waals surface area contributed by atoms with Crippen LogP contribution in [0.15, 0.2) is 24.3 Å². The van der Waals surface area contributed by atoms with Crippen LogP contribution in [0, 0.1) is 0 Å². The van der Waals surface area contributed by atoms with E-state index in [-0.39, 0.29) is 6.42 Å². The van der Waals surface area contributed by atoms with E-state index in [1.807, 2.05) is 0 Å². The van der Waals surface area contributed by atoms with Crippen LogP contribution in [-0.2, 0) is 22.6 Å². The molecule has 0 bridgehead atoms. The summed E-state index contributed by atoms with van der Waals surface area (Å²) in [6.45, 7) is 6.77. The van der Waals surface area contributed by atoms with Gasteiger partial charge in [0.25, 0.3) is 0 Å². The second-order valence-electron chi connectivity index (χ2n) is 7.39. The first kappa shape index (κ1) is 18.3. The maximum atomic E-state index is 11.2. The number of aliphatic hydroxyl groups is 1. The van der Waals surface area contributed by atoms with Crippen LogP contribution in [0.3, 0.4) is 0 Å². The number of morpholine rings is 1. The summed E-state index contributed by atoms with van der Waals surface area (Å²) in [5, 5.41) is 10.6. The molecule has 2 aliphatic rings. The van der Waals surface area contributed by atoms with Crippen molar-refractivity contribution in [2.75, 3.05) is 39.4 Å². The molecular weight excluding hydrogens is 318 g/mol. The Balaban J connectivity index is 1.58. The Kier molecular flexibility index (Phi) is 6.06. The number of hydrogen-bond donors (Lipinski definition) is 2. The molecule has 2 fully saturated rings. The van der Waals surface area contributed by atoms with E-state index in [2.05, 4.69) is 34.1 Å². The minimum absolute atomic E-state index is 0.0422. The van der Waals surface area contributed by atoms with Gasteiger partial charge in [-0.3, -0.25) is 14.6 Å². The molecule has 0 saturated carbocycles. The predicted molar refractivity (Wildman–Crippen MR) is 95.8 cm³/mol. The number of nitrogens with two attached hydrogens (primary N) is 1. The molecule has 0 aromatic heterocycles. The third-order valence-electron chi connectivity index (χ3n) is 5.05. The van der Waals surface area contributed by atoms with Crippen LogP contribution in [0.25, 0.3) is 0 Å². The SMILES string of the molecule is NC(=O)CC1(O)CCCN(Cc2cccc(CN3CCOCC3)c2)C1. The zero-order valence-corrected chi connectivity index (χ0v) is 14.8. The molecule has 6 heteroatoms. The molecule has 25 heavy (non-hydrogen) atoms. The molecule has 2 heterocycles. The van der Waals surface area contributed by atoms with Crippen LogP contribution in [0.4, 0.5) is 0 Å². The van der Waals surface area contributed by atoms with Crippen LogP contribution < -0.4 is 5.73 Å². The molecule has 1 aromatic rings. The quantitative estimate of drug-likeness (QED) is 0.793. The number of β-amino-alcohol motifs (C(OH)–C–C–N with tert-alkyl or cyclic N) is 1. The van der Waals surface area contributed by atoms with Crippen molar-refractivity contribution in [3.8, 4) is 0 Å². The molecule has 0 spiro atoms. The Morgan fingerprint density at radius 2 is 1.84 bits per heavy atom. The van der Waals surface area contributed by atoms with Crippen LogP contribution >= 0.6 is 0 Å². The van der Waals surface area contributed by atoms with Gasteiger partial charge in [0.05, 0.1) is 25.2 Å². The molecule has 2 saturated heterocycles. The first-order valence-electron chi connectivity index (χ1n) is 9.13. The summed E-state index contributed by atoms with van der Waals surface area (Å²) in [7, 11) is 0. The Bertz CT molecular complexity index is 589. The van der Waals surface area contributed by atoms with Gasteiger partial charge in [0.2, 0.25) is 5.91 Å². The fourth-order valence-corrected chi connectivity index (χ4v) is 3.91. The highest BCUT2D eigenvalue weighted by atomic mass is 16.5. The Hall–Kier alpha value is -1.47. The number of hydrogen-bond acceptors (Lipinski definition) is 5. The maximum absolute atomic E-state index is 11.2. The Morgan fingerprint density at radius 3 is 2.52 bits per heavy atom. The van der Waals surface area contributed by atoms with E-state index in [4.69, 9.17) is 10.5 Å². The van der Waals surface area contributed by atoms with Crippen LogP contribution in [-0.4, -0.2) is 65.8 Å². The van der Waals surface area contributed by atoms with E-state index in [0.717, 1.165) is 52.4 Å². The standard InChI is InChI=1S/C19H29N3O3/c20-18(23)12-19(24)5-2-6-22(15-19)14-17-4-1-3-16(11-17)13-21-7-9-25-10-8-21/h1,3-4,11,24H,2,5-10,12-15H2,(H2,20,23). The lowest BCUT2D eigenvalue weighted by Crippen LogP contribution is -2.49. The molecule has 6 nitrogen and oxygen atoms in total. The number of piperidine rings is 1. The van der Waals surface area contributed by atoms with Crippen LogP contribution in [0.2, 0.25) is 0 Å². The first-order chi connectivity index (χ1) is 12.0. The van der Waals surface area contributed by atoms with Gasteiger partial charge in [0, 0.05) is 32.7 Å². The first-order valence-corrected chi connectivity index (χ1v) is 9.13. The highest BCUT2D eigenvalue weighted by molar-refractivity contribution is 5.75. The molecule has 3 N–H and O–H groups in total. The van der Waals surface area contributed by atoms with Gasteiger partial charge in [-0.15, -0.1) is 0 Å². The molecule has 138 valence electrons. The van der Waals surface area contributed by atoms with E-state index in [0.29, 0.717) is 13.0 Å². The van der Waals surface area contributed by atoms with Gasteiger partial charge in [-0.1, -0.05) is 24.3 Å². The van der Waals surface area contributed by atoms with Crippen molar-refractivity contribution in [2.24, 2.45) is 5.73 Å². The van der Waals surface area contributed by atoms with Crippen molar-refractivity contribution in [1.82, 2.24) is 9.80 Å². The van der Waals surface area contributed by atoms with E-state index < -0.39 is 11.5 Å². The smallest absolute Gasteiger partial charge is 0.220 e. The van der Waals surface area contributed by atoms with E-state index in [1.165, 1.54) is 11.1 Å². The van der Waals surface area contributed by atoms with Gasteiger partial charge in [-0.25, -0.2) is 0 Å². The molecule has 3 rings (SSSR count). The lowest BCUT2D eigenvalue weighted by Gasteiger charge is -2.38. The topological polar surface area (TPSA) is 79.0 Å². The van der Waals surface area contributed by atoms with E-state index in [9.17, 15) is 9.90 Å². The van der Waals surface area contributed by atoms with Crippen molar-refractivity contribution in [2.45, 2.75) is 38.0 Å². The fourth-order valence-electron chi connectivity index (χ4n) is 3.91. The minimum Gasteiger partial charge on any atom is -0.388 e. The zero-order valence-electron chi connectivity index (χ0n) is 14.8. The maximum Gasteiger partial charge on any atom is 0.220 e. The minimum atomic E-state index is -0.977. The highest BCUT2D eigenvalue weighted by Gasteiger charge is 2.34. The average Bonchev–Trinajstić information content (AvgIpc) is 2.55. The molecule has 1 aromatic carbocycles. The number of likely N-dealkylation sites (tertiary alicyclic amines) is 1. The second-order valence-corrected chi connectivity index (χ2v) is 7.39. The summed E-state index contributed by atoms with van der Waals surface area (Å²) in [6, 6.07) is 8.64. The monoisotopic (exact) mass is 347 g/mol. The number of rotatable bonds is 6. The van der Waals surface area contributed by atoms with Gasteiger partial charge >= 0.3 is 0 Å². The number of nitrogens with zero attached hydrogens (tertiary/aromatic N) is 2. The molecule has 0 radical (unpaired) electrons. The molecule has 1 unspecified atom stereocenters. The largest absolute Gasteiger partial charge is 0.388 e. The number of ether oxygens (including phenoxy) is 1. The lowest BCUT2D eigenvalue weighted by atomic mass is 9.89. The summed E-state index contributed by atoms with van der Waals surface area (Å²) in [4.78, 5) is 15.8. The predicted octanol–water partition coefficient (Wildman–Crippen LogP) is 0.721. The normalized spacial score (nSPS) is 25.8. The van der Waals surface area contributed by atoms with Crippen molar-refractivity contribution < 1.29 is 14.6 Å². The third-order valence-corrected chi connectivity index (χ3v) is 5.05. The number of carbonyl (C=O) groups is 1. The third kappa shape index (κ3) is 5.51. The zero-order chi connectivity index (χ0) is 17.7. The summed E-state index contributed by atoms with van der Waals surface area (Å²) in [5.74, 6) is -0.433. The van der Waals surface area contributed by atoms with Crippen molar-refractivity contribution >= 4 is 5.91 Å². The van der Waals surface area contributed by atoms with E-state index in [1.54, 1.807) is 0 Å². The number of primary amides is 1.